The summed E-state index contributed by atoms with van der Waals surface area (Å²) in [6.45, 7) is 2.55. The van der Waals surface area contributed by atoms with Gasteiger partial charge in [0.15, 0.2) is 11.6 Å². The number of hydrogen-bond donors (Lipinski definition) is 2. The van der Waals surface area contributed by atoms with E-state index < -0.39 is 41.0 Å². The highest BCUT2D eigenvalue weighted by molar-refractivity contribution is 6.03. The van der Waals surface area contributed by atoms with Gasteiger partial charge in [-0.25, -0.2) is 18.6 Å². The van der Waals surface area contributed by atoms with Crippen molar-refractivity contribution in [1.82, 2.24) is 9.55 Å². The molecule has 4 rings (SSSR count). The van der Waals surface area contributed by atoms with Crippen molar-refractivity contribution in [3.05, 3.63) is 33.9 Å². The van der Waals surface area contributed by atoms with E-state index in [2.05, 4.69) is 10.1 Å². The third-order valence-electron chi connectivity index (χ3n) is 5.11. The zero-order valence-electron chi connectivity index (χ0n) is 15.5. The molecule has 1 aliphatic carbocycles. The molecule has 2 aliphatic rings. The van der Waals surface area contributed by atoms with Crippen LogP contribution >= 0.6 is 0 Å². The Balaban J connectivity index is 1.84. The summed E-state index contributed by atoms with van der Waals surface area (Å²) >= 11 is 0. The molecule has 0 spiro atoms. The lowest BCUT2D eigenvalue weighted by atomic mass is 10.0. The van der Waals surface area contributed by atoms with Gasteiger partial charge in [-0.3, -0.25) is 4.79 Å². The van der Waals surface area contributed by atoms with Gasteiger partial charge in [0.25, 0.3) is 0 Å². The Morgan fingerprint density at radius 3 is 2.83 bits per heavy atom. The number of anilines is 1. The highest BCUT2D eigenvalue weighted by Gasteiger charge is 2.42. The van der Waals surface area contributed by atoms with Crippen molar-refractivity contribution >= 4 is 28.5 Å². The molecule has 3 N–H and O–H groups in total. The molecule has 154 valence electrons. The van der Waals surface area contributed by atoms with Crippen LogP contribution in [-0.2, 0) is 4.84 Å². The molecule has 2 aromatic rings. The van der Waals surface area contributed by atoms with Crippen LogP contribution in [0.15, 0.2) is 22.2 Å². The number of aromatic nitrogens is 2. The second-order valence-electron chi connectivity index (χ2n) is 6.95. The number of rotatable bonds is 6. The predicted molar refractivity (Wildman–Crippen MR) is 101 cm³/mol. The number of pyridine rings is 2. The molecular formula is C18H19F2N5O4. The van der Waals surface area contributed by atoms with Gasteiger partial charge in [0, 0.05) is 19.2 Å². The van der Waals surface area contributed by atoms with Crippen LogP contribution in [0.25, 0.3) is 11.0 Å². The predicted octanol–water partition coefficient (Wildman–Crippen LogP) is 1.06. The van der Waals surface area contributed by atoms with Crippen molar-refractivity contribution in [3.8, 4) is 0 Å². The molecule has 0 aromatic carbocycles. The molecule has 29 heavy (non-hydrogen) atoms. The van der Waals surface area contributed by atoms with Gasteiger partial charge < -0.3 is 25.1 Å². The molecular weight excluding hydrogens is 388 g/mol. The molecule has 3 atom stereocenters. The number of aromatic carboxylic acids is 1. The minimum atomic E-state index is -1.46. The van der Waals surface area contributed by atoms with Crippen LogP contribution in [0, 0.1) is 5.82 Å². The molecule has 0 radical (unpaired) electrons. The summed E-state index contributed by atoms with van der Waals surface area (Å²) in [6.07, 6.45) is 0.0688. The number of carbonyl (C=O) groups is 1. The number of halogens is 2. The van der Waals surface area contributed by atoms with Crippen LogP contribution in [0.5, 0.6) is 0 Å². The van der Waals surface area contributed by atoms with Crippen molar-refractivity contribution in [2.24, 2.45) is 10.9 Å². The molecule has 0 unspecified atom stereocenters. The molecule has 3 heterocycles. The summed E-state index contributed by atoms with van der Waals surface area (Å²) in [5.41, 5.74) is 5.02. The topological polar surface area (TPSA) is 123 Å². The van der Waals surface area contributed by atoms with Gasteiger partial charge in [-0.1, -0.05) is 5.16 Å². The quantitative estimate of drug-likeness (QED) is 0.686. The van der Waals surface area contributed by atoms with Crippen LogP contribution in [0.2, 0.25) is 0 Å². The molecule has 11 heteroatoms. The van der Waals surface area contributed by atoms with Crippen molar-refractivity contribution in [2.45, 2.75) is 31.6 Å². The Bertz CT molecular complexity index is 1090. The smallest absolute Gasteiger partial charge is 0.341 e. The fourth-order valence-electron chi connectivity index (χ4n) is 3.46. The Morgan fingerprint density at radius 2 is 2.24 bits per heavy atom. The van der Waals surface area contributed by atoms with E-state index in [0.717, 1.165) is 12.3 Å². The molecule has 0 bridgehead atoms. The summed E-state index contributed by atoms with van der Waals surface area (Å²) in [6, 6.07) is -0.114. The van der Waals surface area contributed by atoms with Gasteiger partial charge in [-0.15, -0.1) is 0 Å². The summed E-state index contributed by atoms with van der Waals surface area (Å²) in [5.74, 6) is -2.32. The second kappa shape index (κ2) is 7.07. The lowest BCUT2D eigenvalue weighted by Gasteiger charge is -2.42. The third kappa shape index (κ3) is 3.11. The molecule has 9 nitrogen and oxygen atoms in total. The second-order valence-corrected chi connectivity index (χ2v) is 6.95. The average molecular weight is 407 g/mol. The van der Waals surface area contributed by atoms with E-state index in [0.29, 0.717) is 12.3 Å². The molecule has 1 saturated heterocycles. The Morgan fingerprint density at radius 1 is 1.52 bits per heavy atom. The van der Waals surface area contributed by atoms with E-state index in [1.807, 2.05) is 0 Å². The Labute approximate surface area is 163 Å². The SMILES string of the molecule is CCO/N=C1/CN(c2nc3c(cc2F)c(=O)c(C(=O)O)cn3[C@@H]2C[C@@H]2F)[C@H]1CN. The average Bonchev–Trinajstić information content (AvgIpc) is 3.38. The lowest BCUT2D eigenvalue weighted by Crippen LogP contribution is -2.61. The zero-order valence-corrected chi connectivity index (χ0v) is 15.5. The van der Waals surface area contributed by atoms with Gasteiger partial charge in [-0.2, -0.15) is 0 Å². The van der Waals surface area contributed by atoms with Gasteiger partial charge in [0.05, 0.1) is 24.0 Å². The number of hydrogen-bond acceptors (Lipinski definition) is 7. The van der Waals surface area contributed by atoms with Crippen molar-refractivity contribution in [2.75, 3.05) is 24.6 Å². The van der Waals surface area contributed by atoms with Crippen LogP contribution in [0.4, 0.5) is 14.6 Å². The van der Waals surface area contributed by atoms with Gasteiger partial charge >= 0.3 is 5.97 Å². The Kier molecular flexibility index (Phi) is 4.69. The first-order chi connectivity index (χ1) is 13.9. The van der Waals surface area contributed by atoms with Crippen molar-refractivity contribution < 1.29 is 23.5 Å². The highest BCUT2D eigenvalue weighted by atomic mass is 19.1. The van der Waals surface area contributed by atoms with Gasteiger partial charge in [0.2, 0.25) is 5.43 Å². The van der Waals surface area contributed by atoms with Gasteiger partial charge in [0.1, 0.15) is 29.7 Å². The maximum absolute atomic E-state index is 14.8. The summed E-state index contributed by atoms with van der Waals surface area (Å²) in [4.78, 5) is 34.8. The van der Waals surface area contributed by atoms with E-state index in [1.165, 1.54) is 4.57 Å². The van der Waals surface area contributed by atoms with Crippen molar-refractivity contribution in [1.29, 1.82) is 0 Å². The lowest BCUT2D eigenvalue weighted by molar-refractivity contribution is 0.0694. The molecule has 1 saturated carbocycles. The van der Waals surface area contributed by atoms with E-state index in [-0.39, 0.29) is 36.4 Å². The molecule has 2 fully saturated rings. The van der Waals surface area contributed by atoms with E-state index in [9.17, 15) is 23.5 Å². The number of oxime groups is 1. The van der Waals surface area contributed by atoms with Crippen LogP contribution in [0.3, 0.4) is 0 Å². The van der Waals surface area contributed by atoms with E-state index in [1.54, 1.807) is 11.8 Å². The zero-order chi connectivity index (χ0) is 20.9. The Hall–Kier alpha value is -3.08. The fraction of sp³-hybridized carbons (Fsp3) is 0.444. The van der Waals surface area contributed by atoms with Gasteiger partial charge in [-0.05, 0) is 13.0 Å². The number of fused-ring (bicyclic) bond motifs is 1. The van der Waals surface area contributed by atoms with Crippen LogP contribution < -0.4 is 16.1 Å². The van der Waals surface area contributed by atoms with Crippen molar-refractivity contribution in [3.63, 3.8) is 0 Å². The summed E-state index contributed by atoms with van der Waals surface area (Å²) in [5, 5.41) is 13.0. The summed E-state index contributed by atoms with van der Waals surface area (Å²) < 4.78 is 29.9. The van der Waals surface area contributed by atoms with E-state index >= 15 is 0 Å². The summed E-state index contributed by atoms with van der Waals surface area (Å²) in [7, 11) is 0. The standard InChI is InChI=1S/C18H19F2N5O4/c1-2-29-23-12-7-25(14(12)5-21)17-11(20)3-8-15(26)9(18(27)28)6-24(16(8)22-17)13-4-10(13)19/h3,6,10,13-14H,2,4-5,7,21H2,1H3,(H,27,28)/b23-12-/t10-,13+,14-/m0/s1. The number of nitrogens with zero attached hydrogens (tertiary/aromatic N) is 4. The third-order valence-corrected chi connectivity index (χ3v) is 5.11. The van der Waals surface area contributed by atoms with Crippen LogP contribution in [-0.4, -0.2) is 58.2 Å². The maximum Gasteiger partial charge on any atom is 0.341 e. The minimum Gasteiger partial charge on any atom is -0.477 e. The van der Waals surface area contributed by atoms with Crippen LogP contribution in [0.1, 0.15) is 29.7 Å². The largest absolute Gasteiger partial charge is 0.477 e. The first-order valence-corrected chi connectivity index (χ1v) is 9.15. The first-order valence-electron chi connectivity index (χ1n) is 9.15. The highest BCUT2D eigenvalue weighted by Crippen LogP contribution is 2.40. The molecule has 1 aliphatic heterocycles. The van der Waals surface area contributed by atoms with E-state index in [4.69, 9.17) is 10.6 Å². The first kappa shape index (κ1) is 19.2. The normalized spacial score (nSPS) is 24.6. The maximum atomic E-state index is 14.8. The number of alkyl halides is 1. The fourth-order valence-corrected chi connectivity index (χ4v) is 3.46. The molecule has 2 aromatic heterocycles. The number of carboxylic acid groups (broad SMARTS) is 1. The number of nitrogens with two attached hydrogens (primary N) is 1. The number of carboxylic acids is 1. The molecule has 0 amide bonds. The monoisotopic (exact) mass is 407 g/mol. The minimum absolute atomic E-state index is 0.0347.